The molecule has 0 fully saturated rings. The predicted octanol–water partition coefficient (Wildman–Crippen LogP) is 1.86. The average Bonchev–Trinajstić information content (AvgIpc) is 2.67. The van der Waals surface area contributed by atoms with Gasteiger partial charge in [0.2, 0.25) is 5.82 Å². The zero-order valence-electron chi connectivity index (χ0n) is 7.56. The fraction of sp³-hybridized carbons (Fsp3) is 0.125. The molecule has 2 rings (SSSR count). The van der Waals surface area contributed by atoms with Crippen LogP contribution in [-0.2, 0) is 6.18 Å². The van der Waals surface area contributed by atoms with Gasteiger partial charge >= 0.3 is 12.1 Å². The third-order valence-corrected chi connectivity index (χ3v) is 1.65. The molecule has 0 aliphatic rings. The molecule has 16 heavy (non-hydrogen) atoms. The van der Waals surface area contributed by atoms with Crippen molar-refractivity contribution in [3.8, 4) is 17.3 Å². The lowest BCUT2D eigenvalue weighted by atomic mass is 10.3. The van der Waals surface area contributed by atoms with Gasteiger partial charge in [-0.3, -0.25) is 0 Å². The fourth-order valence-corrected chi connectivity index (χ4v) is 0.961. The molecule has 0 radical (unpaired) electrons. The smallest absolute Gasteiger partial charge is 0.471 e. The van der Waals surface area contributed by atoms with Gasteiger partial charge in [-0.2, -0.15) is 18.2 Å². The summed E-state index contributed by atoms with van der Waals surface area (Å²) in [6.45, 7) is 0. The Morgan fingerprint density at radius 3 is 2.50 bits per heavy atom. The minimum absolute atomic E-state index is 0.0806. The van der Waals surface area contributed by atoms with Crippen LogP contribution in [0.15, 0.2) is 22.9 Å². The number of nitrogens with zero attached hydrogens (tertiary/aromatic N) is 3. The normalized spacial score (nSPS) is 11.7. The summed E-state index contributed by atoms with van der Waals surface area (Å²) in [6.07, 6.45) is -3.61. The Balaban J connectivity index is 2.35. The van der Waals surface area contributed by atoms with Crippen molar-refractivity contribution in [2.24, 2.45) is 0 Å². The van der Waals surface area contributed by atoms with E-state index >= 15 is 0 Å². The van der Waals surface area contributed by atoms with Gasteiger partial charge in [0.05, 0.1) is 6.20 Å². The van der Waals surface area contributed by atoms with Gasteiger partial charge in [0.25, 0.3) is 0 Å². The molecule has 0 saturated carbocycles. The van der Waals surface area contributed by atoms with E-state index in [9.17, 15) is 13.2 Å². The van der Waals surface area contributed by atoms with Gasteiger partial charge in [0.1, 0.15) is 11.4 Å². The van der Waals surface area contributed by atoms with Crippen LogP contribution in [0.2, 0.25) is 0 Å². The summed E-state index contributed by atoms with van der Waals surface area (Å²) in [5.41, 5.74) is 0.0806. The Morgan fingerprint density at radius 2 is 2.00 bits per heavy atom. The van der Waals surface area contributed by atoms with E-state index < -0.39 is 12.1 Å². The van der Waals surface area contributed by atoms with Crippen LogP contribution in [0.25, 0.3) is 11.5 Å². The van der Waals surface area contributed by atoms with Crippen LogP contribution in [0.1, 0.15) is 5.89 Å². The number of alkyl halides is 3. The van der Waals surface area contributed by atoms with Crippen molar-refractivity contribution in [2.75, 3.05) is 0 Å². The number of hydrogen-bond donors (Lipinski definition) is 1. The SMILES string of the molecule is Oc1ccc(-c2noc(C(F)(F)F)n2)nc1. The van der Waals surface area contributed by atoms with Gasteiger partial charge < -0.3 is 9.63 Å². The molecule has 0 aliphatic heterocycles. The molecule has 84 valence electrons. The molecule has 0 saturated heterocycles. The van der Waals surface area contributed by atoms with Gasteiger partial charge in [-0.1, -0.05) is 5.16 Å². The molecular weight excluding hydrogens is 227 g/mol. The van der Waals surface area contributed by atoms with Gasteiger partial charge in [-0.05, 0) is 12.1 Å². The van der Waals surface area contributed by atoms with Crippen LogP contribution in [0.3, 0.4) is 0 Å². The Bertz CT molecular complexity index is 492. The van der Waals surface area contributed by atoms with Gasteiger partial charge in [0.15, 0.2) is 0 Å². The van der Waals surface area contributed by atoms with Crippen LogP contribution < -0.4 is 0 Å². The molecule has 0 bridgehead atoms. The number of aromatic hydroxyl groups is 1. The summed E-state index contributed by atoms with van der Waals surface area (Å²) in [5.74, 6) is -1.83. The van der Waals surface area contributed by atoms with Crippen LogP contribution in [0.5, 0.6) is 5.75 Å². The van der Waals surface area contributed by atoms with Crippen molar-refractivity contribution in [3.63, 3.8) is 0 Å². The summed E-state index contributed by atoms with van der Waals surface area (Å²) >= 11 is 0. The molecule has 0 atom stereocenters. The van der Waals surface area contributed by atoms with E-state index in [2.05, 4.69) is 19.6 Å². The van der Waals surface area contributed by atoms with Crippen LogP contribution in [-0.4, -0.2) is 20.2 Å². The highest BCUT2D eigenvalue weighted by atomic mass is 19.4. The third kappa shape index (κ3) is 1.95. The maximum absolute atomic E-state index is 12.1. The Kier molecular flexibility index (Phi) is 2.26. The van der Waals surface area contributed by atoms with Crippen molar-refractivity contribution in [1.82, 2.24) is 15.1 Å². The van der Waals surface area contributed by atoms with Crippen molar-refractivity contribution in [3.05, 3.63) is 24.2 Å². The molecule has 2 aromatic rings. The number of aromatic nitrogens is 3. The summed E-state index contributed by atoms with van der Waals surface area (Å²) < 4.78 is 40.4. The highest BCUT2D eigenvalue weighted by Crippen LogP contribution is 2.28. The molecule has 0 aliphatic carbocycles. The fourth-order valence-electron chi connectivity index (χ4n) is 0.961. The predicted molar refractivity (Wildman–Crippen MR) is 44.2 cm³/mol. The highest BCUT2D eigenvalue weighted by Gasteiger charge is 2.38. The minimum atomic E-state index is -4.68. The lowest BCUT2D eigenvalue weighted by molar-refractivity contribution is -0.159. The second kappa shape index (κ2) is 3.47. The topological polar surface area (TPSA) is 72.0 Å². The first-order valence-electron chi connectivity index (χ1n) is 4.03. The maximum atomic E-state index is 12.1. The maximum Gasteiger partial charge on any atom is 0.471 e. The Hall–Kier alpha value is -2.12. The molecule has 2 heterocycles. The highest BCUT2D eigenvalue weighted by molar-refractivity contribution is 5.48. The monoisotopic (exact) mass is 231 g/mol. The molecule has 1 N–H and O–H groups in total. The number of halogens is 3. The molecular formula is C8H4F3N3O2. The molecule has 0 spiro atoms. The minimum Gasteiger partial charge on any atom is -0.506 e. The first-order chi connectivity index (χ1) is 7.47. The van der Waals surface area contributed by atoms with Crippen molar-refractivity contribution >= 4 is 0 Å². The van der Waals surface area contributed by atoms with E-state index in [-0.39, 0.29) is 17.3 Å². The first kappa shape index (κ1) is 10.4. The quantitative estimate of drug-likeness (QED) is 0.810. The molecule has 8 heteroatoms. The standard InChI is InChI=1S/C8H4F3N3O2/c9-8(10,11)7-13-6(14-16-7)5-2-1-4(15)3-12-5/h1-3,15H. The van der Waals surface area contributed by atoms with Crippen LogP contribution in [0, 0.1) is 0 Å². The van der Waals surface area contributed by atoms with Crippen molar-refractivity contribution in [2.45, 2.75) is 6.18 Å². The van der Waals surface area contributed by atoms with E-state index in [4.69, 9.17) is 5.11 Å². The molecule has 2 aromatic heterocycles. The largest absolute Gasteiger partial charge is 0.506 e. The van der Waals surface area contributed by atoms with E-state index in [1.807, 2.05) is 0 Å². The summed E-state index contributed by atoms with van der Waals surface area (Å²) in [7, 11) is 0. The molecule has 0 aromatic carbocycles. The summed E-state index contributed by atoms with van der Waals surface area (Å²) in [5, 5.41) is 12.1. The molecule has 0 amide bonds. The van der Waals surface area contributed by atoms with Gasteiger partial charge in [-0.15, -0.1) is 0 Å². The van der Waals surface area contributed by atoms with Crippen molar-refractivity contribution < 1.29 is 22.8 Å². The van der Waals surface area contributed by atoms with E-state index in [1.165, 1.54) is 12.1 Å². The lowest BCUT2D eigenvalue weighted by Crippen LogP contribution is -2.04. The lowest BCUT2D eigenvalue weighted by Gasteiger charge is -1.96. The average molecular weight is 231 g/mol. The number of pyridine rings is 1. The molecule has 5 nitrogen and oxygen atoms in total. The Morgan fingerprint density at radius 1 is 1.25 bits per heavy atom. The number of hydrogen-bond acceptors (Lipinski definition) is 5. The second-order valence-electron chi connectivity index (χ2n) is 2.82. The van der Waals surface area contributed by atoms with E-state index in [1.54, 1.807) is 0 Å². The van der Waals surface area contributed by atoms with Gasteiger partial charge in [0, 0.05) is 0 Å². The summed E-state index contributed by atoms with van der Waals surface area (Å²) in [6, 6.07) is 2.53. The third-order valence-electron chi connectivity index (χ3n) is 1.65. The molecule has 0 unspecified atom stereocenters. The second-order valence-corrected chi connectivity index (χ2v) is 2.82. The zero-order chi connectivity index (χ0) is 11.8. The number of rotatable bonds is 1. The van der Waals surface area contributed by atoms with E-state index in [0.717, 1.165) is 6.20 Å². The summed E-state index contributed by atoms with van der Waals surface area (Å²) in [4.78, 5) is 6.78. The van der Waals surface area contributed by atoms with Crippen LogP contribution >= 0.6 is 0 Å². The first-order valence-corrected chi connectivity index (χ1v) is 4.03. The van der Waals surface area contributed by atoms with Crippen LogP contribution in [0.4, 0.5) is 13.2 Å². The van der Waals surface area contributed by atoms with Crippen molar-refractivity contribution in [1.29, 1.82) is 0 Å². The van der Waals surface area contributed by atoms with E-state index in [0.29, 0.717) is 0 Å². The Labute approximate surface area is 86.5 Å². The zero-order valence-corrected chi connectivity index (χ0v) is 7.56. The van der Waals surface area contributed by atoms with Gasteiger partial charge in [-0.25, -0.2) is 4.98 Å².